The van der Waals surface area contributed by atoms with E-state index in [1.54, 1.807) is 29.9 Å². The lowest BCUT2D eigenvalue weighted by Crippen LogP contribution is -2.13. The Morgan fingerprint density at radius 2 is 1.38 bits per heavy atom. The molecule has 0 aliphatic heterocycles. The lowest BCUT2D eigenvalue weighted by Gasteiger charge is -2.16. The van der Waals surface area contributed by atoms with Gasteiger partial charge >= 0.3 is 0 Å². The quantitative estimate of drug-likeness (QED) is 0.191. The van der Waals surface area contributed by atoms with Crippen LogP contribution in [0.25, 0.3) is 0 Å². The van der Waals surface area contributed by atoms with Crippen LogP contribution in [-0.4, -0.2) is 33.7 Å². The van der Waals surface area contributed by atoms with Gasteiger partial charge in [-0.1, -0.05) is 52.7 Å². The molecule has 6 heteroatoms. The first kappa shape index (κ1) is 22.9. The fraction of sp³-hybridized carbons (Fsp3) is 0.600. The van der Waals surface area contributed by atoms with Gasteiger partial charge in [0, 0.05) is 17.6 Å². The van der Waals surface area contributed by atoms with Crippen molar-refractivity contribution in [2.75, 3.05) is 11.5 Å². The first-order valence-electron chi connectivity index (χ1n) is 9.33. The molecule has 0 bridgehead atoms. The minimum absolute atomic E-state index is 0.183. The van der Waals surface area contributed by atoms with Crippen molar-refractivity contribution in [3.05, 3.63) is 38.1 Å². The van der Waals surface area contributed by atoms with Crippen LogP contribution in [0.2, 0.25) is 0 Å². The van der Waals surface area contributed by atoms with Gasteiger partial charge in [-0.25, -0.2) is 9.97 Å². The molecular weight excluding hydrogens is 364 g/mol. The summed E-state index contributed by atoms with van der Waals surface area (Å²) in [5.74, 6) is 1.73. The summed E-state index contributed by atoms with van der Waals surface area (Å²) in [5, 5.41) is 1.96. The van der Waals surface area contributed by atoms with Gasteiger partial charge in [-0.05, 0) is 12.8 Å². The van der Waals surface area contributed by atoms with Crippen molar-refractivity contribution >= 4 is 23.5 Å². The molecule has 1 aromatic rings. The molecule has 2 atom stereocenters. The SMILES string of the molecule is C=COC(CCCC)CSc1cc(SCC(CCCC)OC=C)ncn1. The molecule has 26 heavy (non-hydrogen) atoms. The molecule has 0 aliphatic rings. The molecular formula is C20H32N2O2S2. The van der Waals surface area contributed by atoms with E-state index >= 15 is 0 Å². The summed E-state index contributed by atoms with van der Waals surface area (Å²) < 4.78 is 11.2. The van der Waals surface area contributed by atoms with Gasteiger partial charge in [0.1, 0.15) is 28.6 Å². The largest absolute Gasteiger partial charge is 0.498 e. The molecule has 4 nitrogen and oxygen atoms in total. The predicted molar refractivity (Wildman–Crippen MR) is 113 cm³/mol. The van der Waals surface area contributed by atoms with E-state index in [0.717, 1.165) is 47.2 Å². The Balaban J connectivity index is 2.52. The van der Waals surface area contributed by atoms with Gasteiger partial charge < -0.3 is 9.47 Å². The summed E-state index contributed by atoms with van der Waals surface area (Å²) >= 11 is 3.41. The second kappa shape index (κ2) is 15.0. The first-order valence-corrected chi connectivity index (χ1v) is 11.3. The summed E-state index contributed by atoms with van der Waals surface area (Å²) in [6.07, 6.45) is 11.8. The van der Waals surface area contributed by atoms with Gasteiger partial charge in [0.15, 0.2) is 0 Å². The molecule has 0 aliphatic carbocycles. The van der Waals surface area contributed by atoms with E-state index in [2.05, 4.69) is 37.0 Å². The van der Waals surface area contributed by atoms with Crippen molar-refractivity contribution in [2.45, 2.75) is 74.6 Å². The second-order valence-electron chi connectivity index (χ2n) is 5.95. The third-order valence-corrected chi connectivity index (χ3v) is 5.90. The monoisotopic (exact) mass is 396 g/mol. The smallest absolute Gasteiger partial charge is 0.117 e. The number of nitrogens with zero attached hydrogens (tertiary/aromatic N) is 2. The average molecular weight is 397 g/mol. The van der Waals surface area contributed by atoms with E-state index in [0.29, 0.717) is 0 Å². The van der Waals surface area contributed by atoms with Crippen LogP contribution in [0, 0.1) is 0 Å². The number of hydrogen-bond donors (Lipinski definition) is 0. The molecule has 0 saturated heterocycles. The average Bonchev–Trinajstić information content (AvgIpc) is 2.66. The zero-order valence-electron chi connectivity index (χ0n) is 16.1. The van der Waals surface area contributed by atoms with E-state index in [-0.39, 0.29) is 12.2 Å². The van der Waals surface area contributed by atoms with Crippen LogP contribution in [-0.2, 0) is 9.47 Å². The molecule has 0 N–H and O–H groups in total. The Morgan fingerprint density at radius 1 is 0.923 bits per heavy atom. The number of thioether (sulfide) groups is 2. The normalized spacial score (nSPS) is 13.0. The van der Waals surface area contributed by atoms with Gasteiger partial charge in [-0.15, -0.1) is 23.5 Å². The van der Waals surface area contributed by atoms with Crippen LogP contribution in [0.1, 0.15) is 52.4 Å². The van der Waals surface area contributed by atoms with E-state index in [1.807, 2.05) is 6.07 Å². The van der Waals surface area contributed by atoms with E-state index in [1.165, 1.54) is 25.4 Å². The Kier molecular flexibility index (Phi) is 13.2. The number of aromatic nitrogens is 2. The van der Waals surface area contributed by atoms with Crippen molar-refractivity contribution in [1.82, 2.24) is 9.97 Å². The standard InChI is InChI=1S/C20H32N2O2S2/c1-5-9-11-17(23-7-3)14-25-19-13-20(22-16-21-19)26-15-18(24-8-4)12-10-6-2/h7-8,13,16-18H,3-6,9-12,14-15H2,1-2H3. The fourth-order valence-corrected chi connectivity index (χ4v) is 4.27. The maximum absolute atomic E-state index is 5.61. The summed E-state index contributed by atoms with van der Waals surface area (Å²) in [5.41, 5.74) is 0. The summed E-state index contributed by atoms with van der Waals surface area (Å²) in [6.45, 7) is 11.7. The molecule has 0 radical (unpaired) electrons. The Bertz CT molecular complexity index is 473. The van der Waals surface area contributed by atoms with Crippen LogP contribution < -0.4 is 0 Å². The highest BCUT2D eigenvalue weighted by molar-refractivity contribution is 8.00. The van der Waals surface area contributed by atoms with Gasteiger partial charge in [-0.2, -0.15) is 0 Å². The number of rotatable bonds is 16. The van der Waals surface area contributed by atoms with Gasteiger partial charge in [0.25, 0.3) is 0 Å². The van der Waals surface area contributed by atoms with Crippen molar-refractivity contribution in [2.24, 2.45) is 0 Å². The van der Waals surface area contributed by atoms with E-state index in [9.17, 15) is 0 Å². The Labute approximate surface area is 167 Å². The van der Waals surface area contributed by atoms with Crippen LogP contribution in [0.15, 0.2) is 48.1 Å². The van der Waals surface area contributed by atoms with Crippen molar-refractivity contribution in [1.29, 1.82) is 0 Å². The zero-order valence-corrected chi connectivity index (χ0v) is 17.7. The fourth-order valence-electron chi connectivity index (χ4n) is 2.35. The first-order chi connectivity index (χ1) is 12.7. The molecule has 1 aromatic heterocycles. The summed E-state index contributed by atoms with van der Waals surface area (Å²) in [7, 11) is 0. The molecule has 0 amide bonds. The third kappa shape index (κ3) is 10.1. The van der Waals surface area contributed by atoms with Crippen molar-refractivity contribution in [3.8, 4) is 0 Å². The van der Waals surface area contributed by atoms with Gasteiger partial charge in [0.2, 0.25) is 0 Å². The second-order valence-corrected chi connectivity index (χ2v) is 8.03. The van der Waals surface area contributed by atoms with Crippen molar-refractivity contribution < 1.29 is 9.47 Å². The molecule has 0 spiro atoms. The topological polar surface area (TPSA) is 44.2 Å². The maximum Gasteiger partial charge on any atom is 0.117 e. The lowest BCUT2D eigenvalue weighted by atomic mass is 10.2. The highest BCUT2D eigenvalue weighted by Gasteiger charge is 2.12. The highest BCUT2D eigenvalue weighted by atomic mass is 32.2. The zero-order chi connectivity index (χ0) is 19.0. The number of hydrogen-bond acceptors (Lipinski definition) is 6. The molecule has 2 unspecified atom stereocenters. The lowest BCUT2D eigenvalue weighted by molar-refractivity contribution is 0.155. The molecule has 0 saturated carbocycles. The number of unbranched alkanes of at least 4 members (excludes halogenated alkanes) is 2. The number of ether oxygens (including phenoxy) is 2. The van der Waals surface area contributed by atoms with Gasteiger partial charge in [0.05, 0.1) is 12.5 Å². The van der Waals surface area contributed by atoms with Gasteiger partial charge in [-0.3, -0.25) is 0 Å². The highest BCUT2D eigenvalue weighted by Crippen LogP contribution is 2.25. The summed E-state index contributed by atoms with van der Waals surface area (Å²) in [4.78, 5) is 8.75. The Morgan fingerprint density at radius 3 is 1.77 bits per heavy atom. The molecule has 0 aromatic carbocycles. The predicted octanol–water partition coefficient (Wildman–Crippen LogP) is 6.10. The van der Waals surface area contributed by atoms with Crippen molar-refractivity contribution in [3.63, 3.8) is 0 Å². The molecule has 1 heterocycles. The molecule has 146 valence electrons. The van der Waals surface area contributed by atoms with Crippen LogP contribution in [0.3, 0.4) is 0 Å². The van der Waals surface area contributed by atoms with Crippen LogP contribution in [0.5, 0.6) is 0 Å². The van der Waals surface area contributed by atoms with E-state index in [4.69, 9.17) is 9.47 Å². The Hall–Kier alpha value is -1.14. The molecule has 0 fully saturated rings. The summed E-state index contributed by atoms with van der Waals surface area (Å²) in [6, 6.07) is 2.05. The minimum atomic E-state index is 0.183. The van der Waals surface area contributed by atoms with E-state index < -0.39 is 0 Å². The van der Waals surface area contributed by atoms with Crippen LogP contribution >= 0.6 is 23.5 Å². The molecule has 1 rings (SSSR count). The third-order valence-electron chi connectivity index (χ3n) is 3.79. The minimum Gasteiger partial charge on any atom is -0.498 e. The van der Waals surface area contributed by atoms with Crippen LogP contribution in [0.4, 0.5) is 0 Å². The maximum atomic E-state index is 5.61.